The molecule has 2 aliphatic rings. The average Bonchev–Trinajstić information content (AvgIpc) is 3.51. The van der Waals surface area contributed by atoms with Crippen LogP contribution in [-0.2, 0) is 0 Å². The number of aromatic nitrogens is 3. The van der Waals surface area contributed by atoms with Crippen LogP contribution in [0.25, 0.3) is 22.4 Å². The van der Waals surface area contributed by atoms with Crippen LogP contribution in [0.15, 0.2) is 53.3 Å². The van der Waals surface area contributed by atoms with Gasteiger partial charge in [-0.05, 0) is 57.1 Å². The maximum atomic E-state index is 13.5. The molecule has 4 heterocycles. The molecule has 2 aromatic heterocycles. The zero-order chi connectivity index (χ0) is 23.2. The first-order valence-corrected chi connectivity index (χ1v) is 11.9. The van der Waals surface area contributed by atoms with E-state index in [-0.39, 0.29) is 5.91 Å². The first-order chi connectivity index (χ1) is 16.6. The summed E-state index contributed by atoms with van der Waals surface area (Å²) in [5.41, 5.74) is 5.15. The molecule has 0 atom stereocenters. The molecule has 8 nitrogen and oxygen atoms in total. The highest BCUT2D eigenvalue weighted by molar-refractivity contribution is 6.09. The molecule has 1 saturated heterocycles. The summed E-state index contributed by atoms with van der Waals surface area (Å²) in [5.74, 6) is 0.308. The van der Waals surface area contributed by atoms with Crippen molar-refractivity contribution in [3.05, 3.63) is 60.1 Å². The van der Waals surface area contributed by atoms with Crippen LogP contribution in [-0.4, -0.2) is 53.9 Å². The van der Waals surface area contributed by atoms with Gasteiger partial charge in [0.05, 0.1) is 22.9 Å². The third-order valence-electron chi connectivity index (χ3n) is 6.90. The van der Waals surface area contributed by atoms with Gasteiger partial charge in [-0.25, -0.2) is 4.98 Å². The Morgan fingerprint density at radius 3 is 2.79 bits per heavy atom. The van der Waals surface area contributed by atoms with Gasteiger partial charge in [0.2, 0.25) is 5.89 Å². The molecule has 1 fully saturated rings. The largest absolute Gasteiger partial charge is 0.444 e. The number of benzene rings is 2. The molecular weight excluding hydrogens is 428 g/mol. The summed E-state index contributed by atoms with van der Waals surface area (Å²) in [6.07, 6.45) is 5.74. The van der Waals surface area contributed by atoms with Crippen LogP contribution in [0.4, 0.5) is 11.4 Å². The number of amides is 1. The topological polar surface area (TPSA) is 79.4 Å². The van der Waals surface area contributed by atoms with Crippen LogP contribution >= 0.6 is 0 Å². The van der Waals surface area contributed by atoms with Crippen LogP contribution in [0.3, 0.4) is 0 Å². The van der Waals surface area contributed by atoms with E-state index >= 15 is 0 Å². The highest BCUT2D eigenvalue weighted by atomic mass is 16.3. The number of carbonyl (C=O) groups excluding carboxylic acids is 1. The highest BCUT2D eigenvalue weighted by Crippen LogP contribution is 2.37. The fourth-order valence-corrected chi connectivity index (χ4v) is 4.97. The SMILES string of the molecule is Cc1cccc(-c2nc(C(=O)N3CCN(C)c4cc5nn(C6CCNCC6)cc5cc43)co2)c1. The molecular formula is C26H28N6O2. The maximum absolute atomic E-state index is 13.5. The van der Waals surface area contributed by atoms with Crippen LogP contribution in [0, 0.1) is 6.92 Å². The number of oxazole rings is 1. The fourth-order valence-electron chi connectivity index (χ4n) is 4.97. The van der Waals surface area contributed by atoms with Gasteiger partial charge in [0, 0.05) is 37.3 Å². The number of anilines is 2. The summed E-state index contributed by atoms with van der Waals surface area (Å²) < 4.78 is 7.79. The molecule has 0 saturated carbocycles. The zero-order valence-corrected chi connectivity index (χ0v) is 19.5. The number of fused-ring (bicyclic) bond motifs is 2. The summed E-state index contributed by atoms with van der Waals surface area (Å²) in [4.78, 5) is 22.0. The van der Waals surface area contributed by atoms with Crippen LogP contribution in [0.1, 0.15) is 34.9 Å². The molecule has 6 rings (SSSR count). The Kier molecular flexibility index (Phi) is 5.10. The first kappa shape index (κ1) is 20.9. The van der Waals surface area contributed by atoms with Crippen molar-refractivity contribution < 1.29 is 9.21 Å². The van der Waals surface area contributed by atoms with E-state index < -0.39 is 0 Å². The van der Waals surface area contributed by atoms with Crippen molar-refractivity contribution in [3.63, 3.8) is 0 Å². The number of nitrogens with zero attached hydrogens (tertiary/aromatic N) is 5. The van der Waals surface area contributed by atoms with E-state index in [1.807, 2.05) is 36.1 Å². The Bertz CT molecular complexity index is 1370. The summed E-state index contributed by atoms with van der Waals surface area (Å²) in [6, 6.07) is 12.5. The van der Waals surface area contributed by atoms with Gasteiger partial charge in [0.1, 0.15) is 6.26 Å². The lowest BCUT2D eigenvalue weighted by Crippen LogP contribution is -2.42. The molecule has 2 aliphatic heterocycles. The van der Waals surface area contributed by atoms with Crippen LogP contribution < -0.4 is 15.1 Å². The van der Waals surface area contributed by atoms with Gasteiger partial charge in [-0.3, -0.25) is 9.48 Å². The van der Waals surface area contributed by atoms with Crippen molar-refractivity contribution in [2.75, 3.05) is 43.0 Å². The predicted molar refractivity (Wildman–Crippen MR) is 132 cm³/mol. The van der Waals surface area contributed by atoms with E-state index in [0.29, 0.717) is 24.2 Å². The van der Waals surface area contributed by atoms with Crippen molar-refractivity contribution in [2.45, 2.75) is 25.8 Å². The van der Waals surface area contributed by atoms with Gasteiger partial charge in [-0.2, -0.15) is 5.10 Å². The van der Waals surface area contributed by atoms with Crippen LogP contribution in [0.2, 0.25) is 0 Å². The van der Waals surface area contributed by atoms with Gasteiger partial charge in [-0.15, -0.1) is 0 Å². The Morgan fingerprint density at radius 2 is 1.97 bits per heavy atom. The van der Waals surface area contributed by atoms with Crippen molar-refractivity contribution in [2.24, 2.45) is 0 Å². The minimum atomic E-state index is -0.151. The Labute approximate surface area is 198 Å². The average molecular weight is 457 g/mol. The molecule has 1 amide bonds. The van der Waals surface area contributed by atoms with E-state index in [0.717, 1.165) is 65.9 Å². The molecule has 0 aliphatic carbocycles. The molecule has 0 unspecified atom stereocenters. The van der Waals surface area contributed by atoms with Gasteiger partial charge in [0.15, 0.2) is 5.69 Å². The number of hydrogen-bond acceptors (Lipinski definition) is 6. The zero-order valence-electron chi connectivity index (χ0n) is 19.5. The lowest BCUT2D eigenvalue weighted by molar-refractivity contribution is 0.0982. The Hall–Kier alpha value is -3.65. The highest BCUT2D eigenvalue weighted by Gasteiger charge is 2.29. The standard InChI is InChI=1S/C26H28N6O2/c1-17-4-3-5-18(12-17)25-28-22(16-34-25)26(33)31-11-10-30(2)23-14-21-19(13-24(23)31)15-32(29-21)20-6-8-27-9-7-20/h3-5,12-16,20,27H,6-11H2,1-2H3. The predicted octanol–water partition coefficient (Wildman–Crippen LogP) is 4.02. The third kappa shape index (κ3) is 3.64. The molecule has 8 heteroatoms. The monoisotopic (exact) mass is 456 g/mol. The fraction of sp³-hybridized carbons (Fsp3) is 0.346. The molecule has 4 aromatic rings. The molecule has 2 aromatic carbocycles. The van der Waals surface area contributed by atoms with Crippen molar-refractivity contribution in [1.82, 2.24) is 20.1 Å². The minimum absolute atomic E-state index is 0.151. The number of piperidine rings is 1. The smallest absolute Gasteiger partial charge is 0.280 e. The van der Waals surface area contributed by atoms with E-state index in [1.165, 1.54) is 6.26 Å². The van der Waals surface area contributed by atoms with E-state index in [4.69, 9.17) is 9.52 Å². The summed E-state index contributed by atoms with van der Waals surface area (Å²) in [5, 5.41) is 9.34. The molecule has 0 radical (unpaired) electrons. The van der Waals surface area contributed by atoms with Gasteiger partial charge < -0.3 is 19.5 Å². The second-order valence-electron chi connectivity index (χ2n) is 9.28. The first-order valence-electron chi connectivity index (χ1n) is 11.9. The van der Waals surface area contributed by atoms with Gasteiger partial charge in [0.25, 0.3) is 5.91 Å². The van der Waals surface area contributed by atoms with E-state index in [2.05, 4.69) is 45.3 Å². The quantitative estimate of drug-likeness (QED) is 0.502. The normalized spacial score (nSPS) is 16.8. The summed E-state index contributed by atoms with van der Waals surface area (Å²) in [6.45, 7) is 5.38. The number of carbonyl (C=O) groups is 1. The molecule has 1 N–H and O–H groups in total. The Balaban J connectivity index is 1.34. The molecule has 34 heavy (non-hydrogen) atoms. The van der Waals surface area contributed by atoms with Crippen molar-refractivity contribution >= 4 is 28.2 Å². The minimum Gasteiger partial charge on any atom is -0.444 e. The maximum Gasteiger partial charge on any atom is 0.280 e. The number of aryl methyl sites for hydroxylation is 1. The summed E-state index contributed by atoms with van der Waals surface area (Å²) >= 11 is 0. The van der Waals surface area contributed by atoms with Gasteiger partial charge >= 0.3 is 0 Å². The second kappa shape index (κ2) is 8.29. The van der Waals surface area contributed by atoms with Gasteiger partial charge in [-0.1, -0.05) is 17.7 Å². The van der Waals surface area contributed by atoms with Crippen LogP contribution in [0.5, 0.6) is 0 Å². The molecule has 0 bridgehead atoms. The second-order valence-corrected chi connectivity index (χ2v) is 9.28. The van der Waals surface area contributed by atoms with Crippen molar-refractivity contribution in [1.29, 1.82) is 0 Å². The lowest BCUT2D eigenvalue weighted by atomic mass is 10.1. The van der Waals surface area contributed by atoms with E-state index in [1.54, 1.807) is 0 Å². The number of likely N-dealkylation sites (N-methyl/N-ethyl adjacent to an activating group) is 1. The summed E-state index contributed by atoms with van der Waals surface area (Å²) in [7, 11) is 2.06. The lowest BCUT2D eigenvalue weighted by Gasteiger charge is -2.35. The number of hydrogen-bond donors (Lipinski definition) is 1. The number of nitrogens with one attached hydrogen (secondary N) is 1. The third-order valence-corrected chi connectivity index (χ3v) is 6.90. The van der Waals surface area contributed by atoms with E-state index in [9.17, 15) is 4.79 Å². The van der Waals surface area contributed by atoms with Crippen molar-refractivity contribution in [3.8, 4) is 11.5 Å². The molecule has 0 spiro atoms. The number of rotatable bonds is 3. The molecule has 174 valence electrons. The Morgan fingerprint density at radius 1 is 1.12 bits per heavy atom.